The van der Waals surface area contributed by atoms with Crippen molar-refractivity contribution >= 4 is 11.9 Å². The summed E-state index contributed by atoms with van der Waals surface area (Å²) in [6, 6.07) is 0. The molecule has 0 radical (unpaired) electrons. The molecule has 346 valence electrons. The molecule has 0 aliphatic heterocycles. The number of hydrogen-bond acceptors (Lipinski definition) is 8. The Bertz CT molecular complexity index is 846. The molecule has 0 saturated heterocycles. The summed E-state index contributed by atoms with van der Waals surface area (Å²) in [5, 5.41) is 9.60. The molecule has 8 nitrogen and oxygen atoms in total. The molecular formula is C50H101N3O5. The Morgan fingerprint density at radius 2 is 0.569 bits per heavy atom. The summed E-state index contributed by atoms with van der Waals surface area (Å²) in [4.78, 5) is 32.4. The van der Waals surface area contributed by atoms with Crippen LogP contribution < -0.4 is 0 Å². The van der Waals surface area contributed by atoms with Crippen LogP contribution in [-0.2, 0) is 19.1 Å². The van der Waals surface area contributed by atoms with E-state index in [1.54, 1.807) is 0 Å². The van der Waals surface area contributed by atoms with Gasteiger partial charge in [-0.15, -0.1) is 0 Å². The third kappa shape index (κ3) is 41.5. The zero-order valence-corrected chi connectivity index (χ0v) is 39.5. The molecule has 0 aliphatic carbocycles. The maximum absolute atomic E-state index is 12.5. The smallest absolute Gasteiger partial charge is 0.307 e. The Morgan fingerprint density at radius 3 is 0.862 bits per heavy atom. The molecule has 0 amide bonds. The summed E-state index contributed by atoms with van der Waals surface area (Å²) >= 11 is 0. The third-order valence-corrected chi connectivity index (χ3v) is 11.8. The number of aliphatic hydroxyl groups is 1. The van der Waals surface area contributed by atoms with Crippen LogP contribution in [0.4, 0.5) is 0 Å². The summed E-state index contributed by atoms with van der Waals surface area (Å²) in [5.74, 6) is -0.0769. The first-order chi connectivity index (χ1) is 28.5. The zero-order valence-electron chi connectivity index (χ0n) is 39.5. The largest absolute Gasteiger partial charge is 0.466 e. The Balaban J connectivity index is 4.00. The van der Waals surface area contributed by atoms with Crippen molar-refractivity contribution in [3.63, 3.8) is 0 Å². The SMILES string of the molecule is CCCCCCCCN(CCCCCC)CCC(=O)OCCCCCCCCN(CCO)CCCCCCOC(=O)CCN(CCCCCC)CCCCCCCC. The number of hydrogen-bond donors (Lipinski definition) is 1. The van der Waals surface area contributed by atoms with Crippen molar-refractivity contribution in [2.24, 2.45) is 0 Å². The lowest BCUT2D eigenvalue weighted by Gasteiger charge is -2.22. The van der Waals surface area contributed by atoms with Gasteiger partial charge in [0.05, 0.1) is 32.7 Å². The van der Waals surface area contributed by atoms with Crippen molar-refractivity contribution in [2.45, 2.75) is 233 Å². The lowest BCUT2D eigenvalue weighted by Crippen LogP contribution is -2.29. The van der Waals surface area contributed by atoms with E-state index in [4.69, 9.17) is 9.47 Å². The fourth-order valence-corrected chi connectivity index (χ4v) is 7.85. The second-order valence-electron chi connectivity index (χ2n) is 17.4. The molecule has 58 heavy (non-hydrogen) atoms. The van der Waals surface area contributed by atoms with E-state index >= 15 is 0 Å². The Kier molecular flexibility index (Phi) is 45.9. The molecule has 0 unspecified atom stereocenters. The van der Waals surface area contributed by atoms with E-state index in [9.17, 15) is 14.7 Å². The standard InChI is InChI=1S/C50H101N3O5/c1-5-9-13-17-21-29-39-51(37-27-15-11-7-3)43-35-49(55)57-47-33-25-20-19-23-31-41-53(45-46-54)42-32-24-26-34-48-58-50(56)36-44-52(38-28-16-12-8-4)40-30-22-18-14-10-6-2/h54H,5-48H2,1-4H3. The van der Waals surface area contributed by atoms with Crippen molar-refractivity contribution in [1.29, 1.82) is 0 Å². The second kappa shape index (κ2) is 46.8. The number of esters is 2. The van der Waals surface area contributed by atoms with E-state index in [0.717, 1.165) is 104 Å². The maximum atomic E-state index is 12.5. The second-order valence-corrected chi connectivity index (χ2v) is 17.4. The molecule has 0 aromatic rings. The molecule has 0 fully saturated rings. The van der Waals surface area contributed by atoms with Gasteiger partial charge in [-0.3, -0.25) is 9.59 Å². The summed E-state index contributed by atoms with van der Waals surface area (Å²) < 4.78 is 11.2. The van der Waals surface area contributed by atoms with Gasteiger partial charge in [-0.1, -0.05) is 169 Å². The van der Waals surface area contributed by atoms with Gasteiger partial charge >= 0.3 is 11.9 Å². The molecule has 0 heterocycles. The Hall–Kier alpha value is -1.22. The van der Waals surface area contributed by atoms with Crippen LogP contribution in [0.5, 0.6) is 0 Å². The highest BCUT2D eigenvalue weighted by Gasteiger charge is 2.11. The zero-order chi connectivity index (χ0) is 42.4. The number of aliphatic hydroxyl groups excluding tert-OH is 1. The van der Waals surface area contributed by atoms with Crippen molar-refractivity contribution in [2.75, 3.05) is 78.7 Å². The lowest BCUT2D eigenvalue weighted by molar-refractivity contribution is -0.145. The van der Waals surface area contributed by atoms with Gasteiger partial charge in [0.1, 0.15) is 0 Å². The molecule has 0 bridgehead atoms. The molecular weight excluding hydrogens is 723 g/mol. The summed E-state index contributed by atoms with van der Waals surface area (Å²) in [6.07, 6.45) is 38.0. The highest BCUT2D eigenvalue weighted by molar-refractivity contribution is 5.69. The van der Waals surface area contributed by atoms with Gasteiger partial charge in [0.25, 0.3) is 0 Å². The lowest BCUT2D eigenvalue weighted by atomic mass is 10.1. The predicted octanol–water partition coefficient (Wildman–Crippen LogP) is 12.5. The van der Waals surface area contributed by atoms with Gasteiger partial charge < -0.3 is 29.3 Å². The Labute approximate surface area is 361 Å². The van der Waals surface area contributed by atoms with Gasteiger partial charge in [-0.25, -0.2) is 0 Å². The minimum absolute atomic E-state index is 0.0339. The molecule has 0 saturated carbocycles. The number of rotatable bonds is 48. The van der Waals surface area contributed by atoms with Crippen molar-refractivity contribution in [1.82, 2.24) is 14.7 Å². The number of nitrogens with zero attached hydrogens (tertiary/aromatic N) is 3. The van der Waals surface area contributed by atoms with E-state index < -0.39 is 0 Å². The first kappa shape index (κ1) is 56.8. The minimum atomic E-state index is -0.0430. The van der Waals surface area contributed by atoms with Crippen LogP contribution in [-0.4, -0.2) is 110 Å². The number of carbonyl (C=O) groups excluding carboxylic acids is 2. The molecule has 8 heteroatoms. The summed E-state index contributed by atoms with van der Waals surface area (Å²) in [7, 11) is 0. The summed E-state index contributed by atoms with van der Waals surface area (Å²) in [6.45, 7) is 19.2. The van der Waals surface area contributed by atoms with Crippen LogP contribution in [0.25, 0.3) is 0 Å². The van der Waals surface area contributed by atoms with Crippen LogP contribution in [0.3, 0.4) is 0 Å². The van der Waals surface area contributed by atoms with Gasteiger partial charge in [-0.2, -0.15) is 0 Å². The fourth-order valence-electron chi connectivity index (χ4n) is 7.85. The van der Waals surface area contributed by atoms with Crippen LogP contribution in [0.2, 0.25) is 0 Å². The first-order valence-corrected chi connectivity index (χ1v) is 25.6. The molecule has 0 atom stereocenters. The first-order valence-electron chi connectivity index (χ1n) is 25.6. The molecule has 0 spiro atoms. The van der Waals surface area contributed by atoms with Gasteiger partial charge in [0, 0.05) is 19.6 Å². The maximum Gasteiger partial charge on any atom is 0.307 e. The van der Waals surface area contributed by atoms with E-state index in [1.165, 1.54) is 148 Å². The van der Waals surface area contributed by atoms with Crippen LogP contribution in [0, 0.1) is 0 Å². The minimum Gasteiger partial charge on any atom is -0.466 e. The van der Waals surface area contributed by atoms with Crippen LogP contribution in [0.1, 0.15) is 233 Å². The van der Waals surface area contributed by atoms with E-state index in [0.29, 0.717) is 26.1 Å². The monoisotopic (exact) mass is 824 g/mol. The average molecular weight is 824 g/mol. The van der Waals surface area contributed by atoms with E-state index in [-0.39, 0.29) is 18.5 Å². The van der Waals surface area contributed by atoms with Crippen LogP contribution >= 0.6 is 0 Å². The highest BCUT2D eigenvalue weighted by atomic mass is 16.5. The topological polar surface area (TPSA) is 82.5 Å². The molecule has 1 N–H and O–H groups in total. The van der Waals surface area contributed by atoms with Crippen molar-refractivity contribution in [3.8, 4) is 0 Å². The predicted molar refractivity (Wildman–Crippen MR) is 249 cm³/mol. The fraction of sp³-hybridized carbons (Fsp3) is 0.960. The van der Waals surface area contributed by atoms with Crippen molar-refractivity contribution in [3.05, 3.63) is 0 Å². The molecule has 0 aliphatic rings. The van der Waals surface area contributed by atoms with E-state index in [1.807, 2.05) is 0 Å². The van der Waals surface area contributed by atoms with E-state index in [2.05, 4.69) is 42.4 Å². The number of carbonyl (C=O) groups is 2. The molecule has 0 rings (SSSR count). The summed E-state index contributed by atoms with van der Waals surface area (Å²) in [5.41, 5.74) is 0. The van der Waals surface area contributed by atoms with Gasteiger partial charge in [0.15, 0.2) is 0 Å². The van der Waals surface area contributed by atoms with Gasteiger partial charge in [-0.05, 0) is 90.6 Å². The normalized spacial score (nSPS) is 11.7. The molecule has 0 aromatic heterocycles. The van der Waals surface area contributed by atoms with Crippen LogP contribution in [0.15, 0.2) is 0 Å². The van der Waals surface area contributed by atoms with Crippen molar-refractivity contribution < 1.29 is 24.2 Å². The Morgan fingerprint density at radius 1 is 0.328 bits per heavy atom. The molecule has 0 aromatic carbocycles. The van der Waals surface area contributed by atoms with Gasteiger partial charge in [0.2, 0.25) is 0 Å². The quantitative estimate of drug-likeness (QED) is 0.0480. The highest BCUT2D eigenvalue weighted by Crippen LogP contribution is 2.12. The average Bonchev–Trinajstić information content (AvgIpc) is 3.22. The number of ether oxygens (including phenoxy) is 2. The number of unbranched alkanes of at least 4 members (excludes halogenated alkanes) is 24. The third-order valence-electron chi connectivity index (χ3n) is 11.8.